The van der Waals surface area contributed by atoms with E-state index in [9.17, 15) is 14.8 Å². The monoisotopic (exact) mass is 342 g/mol. The van der Waals surface area contributed by atoms with E-state index in [1.54, 1.807) is 23.2 Å². The van der Waals surface area contributed by atoms with Gasteiger partial charge in [0.1, 0.15) is 5.69 Å². The van der Waals surface area contributed by atoms with E-state index in [2.05, 4.69) is 10.5 Å². The minimum atomic E-state index is -1.02. The van der Waals surface area contributed by atoms with Crippen molar-refractivity contribution in [2.45, 2.75) is 0 Å². The fraction of sp³-hybridized carbons (Fsp3) is 0.235. The van der Waals surface area contributed by atoms with E-state index in [0.29, 0.717) is 43.2 Å². The Kier molecular flexibility index (Phi) is 4.80. The summed E-state index contributed by atoms with van der Waals surface area (Å²) in [6.07, 6.45) is 1.65. The molecule has 3 rings (SSSR count). The number of amides is 1. The molecule has 25 heavy (non-hydrogen) atoms. The molecule has 1 fully saturated rings. The highest BCUT2D eigenvalue weighted by atomic mass is 16.5. The Morgan fingerprint density at radius 3 is 2.24 bits per heavy atom. The molecule has 0 aliphatic carbocycles. The largest absolute Gasteiger partial charge is 0.478 e. The zero-order chi connectivity index (χ0) is 17.8. The Hall–Kier alpha value is -3.13. The molecule has 0 unspecified atom stereocenters. The van der Waals surface area contributed by atoms with Crippen molar-refractivity contribution in [2.24, 2.45) is 0 Å². The minimum Gasteiger partial charge on any atom is -0.478 e. The summed E-state index contributed by atoms with van der Waals surface area (Å²) in [5.74, 6) is -0.503. The van der Waals surface area contributed by atoms with Crippen LogP contribution in [0.3, 0.4) is 0 Å². The van der Waals surface area contributed by atoms with Crippen molar-refractivity contribution >= 4 is 23.4 Å². The first kappa shape index (κ1) is 16.7. The highest BCUT2D eigenvalue weighted by molar-refractivity contribution is 5.96. The quantitative estimate of drug-likeness (QED) is 0.724. The molecule has 130 valence electrons. The average Bonchev–Trinajstić information content (AvgIpc) is 2.67. The summed E-state index contributed by atoms with van der Waals surface area (Å²) < 4.78 is 0. The Balaban J connectivity index is 1.65. The van der Waals surface area contributed by atoms with Crippen LogP contribution >= 0.6 is 0 Å². The zero-order valence-corrected chi connectivity index (χ0v) is 13.4. The molecule has 0 bridgehead atoms. The maximum Gasteiger partial charge on any atom is 0.335 e. The number of piperazine rings is 1. The van der Waals surface area contributed by atoms with E-state index in [-0.39, 0.29) is 11.5 Å². The molecule has 0 spiro atoms. The van der Waals surface area contributed by atoms with Crippen LogP contribution in [0.5, 0.6) is 0 Å². The zero-order valence-electron chi connectivity index (χ0n) is 13.4. The fourth-order valence-electron chi connectivity index (χ4n) is 2.80. The van der Waals surface area contributed by atoms with Gasteiger partial charge in [-0.3, -0.25) is 15.5 Å². The number of pyridine rings is 1. The number of nitrogens with one attached hydrogen (secondary N) is 1. The molecule has 3 N–H and O–H groups in total. The topological polar surface area (TPSA) is 106 Å². The van der Waals surface area contributed by atoms with Gasteiger partial charge in [-0.05, 0) is 36.4 Å². The number of aromatic nitrogens is 1. The molecule has 1 aromatic heterocycles. The number of carbonyl (C=O) groups is 2. The third-order valence-electron chi connectivity index (χ3n) is 4.15. The summed E-state index contributed by atoms with van der Waals surface area (Å²) in [4.78, 5) is 31.4. The van der Waals surface area contributed by atoms with Gasteiger partial charge in [-0.1, -0.05) is 0 Å². The molecule has 8 nitrogen and oxygen atoms in total. The van der Waals surface area contributed by atoms with Gasteiger partial charge in [-0.25, -0.2) is 9.78 Å². The molecule has 1 aromatic carbocycles. The van der Waals surface area contributed by atoms with Crippen molar-refractivity contribution in [1.82, 2.24) is 9.88 Å². The molecule has 0 radical (unpaired) electrons. The Morgan fingerprint density at radius 2 is 1.64 bits per heavy atom. The van der Waals surface area contributed by atoms with E-state index < -0.39 is 5.97 Å². The molecule has 2 aromatic rings. The van der Waals surface area contributed by atoms with Gasteiger partial charge in [0.15, 0.2) is 5.82 Å². The van der Waals surface area contributed by atoms with Crippen molar-refractivity contribution in [3.8, 4) is 0 Å². The van der Waals surface area contributed by atoms with Crippen LogP contribution in [0.2, 0.25) is 0 Å². The van der Waals surface area contributed by atoms with Gasteiger partial charge in [0.2, 0.25) is 0 Å². The summed E-state index contributed by atoms with van der Waals surface area (Å²) in [7, 11) is 0. The van der Waals surface area contributed by atoms with Crippen LogP contribution in [0.15, 0.2) is 42.6 Å². The van der Waals surface area contributed by atoms with Gasteiger partial charge in [0.25, 0.3) is 5.91 Å². The van der Waals surface area contributed by atoms with E-state index in [1.807, 2.05) is 4.90 Å². The Labute approximate surface area is 144 Å². The second-order valence-corrected chi connectivity index (χ2v) is 5.65. The molecule has 1 saturated heterocycles. The number of anilines is 2. The lowest BCUT2D eigenvalue weighted by molar-refractivity contribution is 0.0693. The van der Waals surface area contributed by atoms with E-state index in [0.717, 1.165) is 0 Å². The first-order valence-electron chi connectivity index (χ1n) is 7.83. The number of benzene rings is 1. The third kappa shape index (κ3) is 3.53. The molecule has 1 amide bonds. The maximum absolute atomic E-state index is 12.5. The van der Waals surface area contributed by atoms with E-state index >= 15 is 0 Å². The number of rotatable bonds is 4. The number of hydrogen-bond acceptors (Lipinski definition) is 6. The highest BCUT2D eigenvalue weighted by Crippen LogP contribution is 2.23. The normalized spacial score (nSPS) is 14.3. The smallest absolute Gasteiger partial charge is 0.335 e. The summed E-state index contributed by atoms with van der Waals surface area (Å²) >= 11 is 0. The first-order chi connectivity index (χ1) is 12.1. The maximum atomic E-state index is 12.5. The standard InChI is InChI=1S/C17H18N4O4/c22-16(12-3-5-13(6-4-12)17(23)24)21-10-8-20(9-11-21)15-14(19-25)2-1-7-18-15/h1-7,19,25H,8-11H2,(H,23,24). The Morgan fingerprint density at radius 1 is 1.00 bits per heavy atom. The lowest BCUT2D eigenvalue weighted by atomic mass is 10.1. The number of carboxylic acids is 1. The van der Waals surface area contributed by atoms with Gasteiger partial charge in [0, 0.05) is 37.9 Å². The Bertz CT molecular complexity index is 770. The van der Waals surface area contributed by atoms with Crippen LogP contribution in [0.4, 0.5) is 11.5 Å². The van der Waals surface area contributed by atoms with Crippen LogP contribution < -0.4 is 10.4 Å². The van der Waals surface area contributed by atoms with Crippen molar-refractivity contribution in [3.05, 3.63) is 53.7 Å². The molecule has 2 heterocycles. The van der Waals surface area contributed by atoms with Gasteiger partial charge in [-0.15, -0.1) is 0 Å². The molecule has 1 aliphatic heterocycles. The van der Waals surface area contributed by atoms with Crippen LogP contribution in [-0.4, -0.2) is 58.3 Å². The summed E-state index contributed by atoms with van der Waals surface area (Å²) in [5.41, 5.74) is 3.27. The molecule has 8 heteroatoms. The van der Waals surface area contributed by atoms with Gasteiger partial charge < -0.3 is 14.9 Å². The molecule has 0 atom stereocenters. The predicted molar refractivity (Wildman–Crippen MR) is 91.2 cm³/mol. The minimum absolute atomic E-state index is 0.127. The van der Waals surface area contributed by atoms with Crippen molar-refractivity contribution in [3.63, 3.8) is 0 Å². The van der Waals surface area contributed by atoms with Crippen molar-refractivity contribution in [2.75, 3.05) is 36.6 Å². The summed E-state index contributed by atoms with van der Waals surface area (Å²) in [6.45, 7) is 2.21. The second kappa shape index (κ2) is 7.18. The molecule has 1 aliphatic rings. The number of carboxylic acid groups (broad SMARTS) is 1. The third-order valence-corrected chi connectivity index (χ3v) is 4.15. The lowest BCUT2D eigenvalue weighted by Crippen LogP contribution is -2.49. The number of nitrogens with zero attached hydrogens (tertiary/aromatic N) is 3. The van der Waals surface area contributed by atoms with Gasteiger partial charge in [0.05, 0.1) is 5.56 Å². The van der Waals surface area contributed by atoms with E-state index in [4.69, 9.17) is 5.11 Å². The molecule has 0 saturated carbocycles. The van der Waals surface area contributed by atoms with Crippen LogP contribution in [-0.2, 0) is 0 Å². The average molecular weight is 342 g/mol. The molecular weight excluding hydrogens is 324 g/mol. The second-order valence-electron chi connectivity index (χ2n) is 5.65. The number of aromatic carboxylic acids is 1. The van der Waals surface area contributed by atoms with E-state index in [1.165, 1.54) is 24.3 Å². The highest BCUT2D eigenvalue weighted by Gasteiger charge is 2.24. The predicted octanol–water partition coefficient (Wildman–Crippen LogP) is 1.54. The van der Waals surface area contributed by atoms with Crippen LogP contribution in [0.1, 0.15) is 20.7 Å². The summed E-state index contributed by atoms with van der Waals surface area (Å²) in [5, 5.41) is 18.1. The number of hydrogen-bond donors (Lipinski definition) is 3. The SMILES string of the molecule is O=C(O)c1ccc(C(=O)N2CCN(c3ncccc3NO)CC2)cc1. The van der Waals surface area contributed by atoms with Crippen LogP contribution in [0, 0.1) is 0 Å². The number of carbonyl (C=O) groups excluding carboxylic acids is 1. The van der Waals surface area contributed by atoms with Crippen LogP contribution in [0.25, 0.3) is 0 Å². The van der Waals surface area contributed by atoms with Gasteiger partial charge in [-0.2, -0.15) is 0 Å². The van der Waals surface area contributed by atoms with Crippen molar-refractivity contribution < 1.29 is 19.9 Å². The van der Waals surface area contributed by atoms with Gasteiger partial charge >= 0.3 is 5.97 Å². The fourth-order valence-corrected chi connectivity index (χ4v) is 2.80. The first-order valence-corrected chi connectivity index (χ1v) is 7.83. The summed E-state index contributed by atoms with van der Waals surface area (Å²) in [6, 6.07) is 9.37. The van der Waals surface area contributed by atoms with Crippen molar-refractivity contribution in [1.29, 1.82) is 0 Å². The molecular formula is C17H18N4O4. The lowest BCUT2D eigenvalue weighted by Gasteiger charge is -2.36.